The van der Waals surface area contributed by atoms with Gasteiger partial charge in [0, 0.05) is 13.6 Å². The fourth-order valence-electron chi connectivity index (χ4n) is 4.29. The van der Waals surface area contributed by atoms with E-state index in [0.717, 1.165) is 15.4 Å². The summed E-state index contributed by atoms with van der Waals surface area (Å²) in [4.78, 5) is 28.2. The van der Waals surface area contributed by atoms with E-state index in [-0.39, 0.29) is 23.0 Å². The van der Waals surface area contributed by atoms with Crippen LogP contribution < -0.4 is 14.4 Å². The second-order valence-corrected chi connectivity index (χ2v) is 10.7. The number of nitrogens with one attached hydrogen (secondary N) is 1. The van der Waals surface area contributed by atoms with Gasteiger partial charge >= 0.3 is 0 Å². The highest BCUT2D eigenvalue weighted by atomic mass is 32.2. The molecule has 0 bridgehead atoms. The topological polar surface area (TPSA) is 96.0 Å². The lowest BCUT2D eigenvalue weighted by Crippen LogP contribution is -2.52. The van der Waals surface area contributed by atoms with Gasteiger partial charge in [0.05, 0.1) is 17.7 Å². The summed E-state index contributed by atoms with van der Waals surface area (Å²) in [6.07, 6.45) is 0.888. The molecule has 0 aromatic heterocycles. The maximum absolute atomic E-state index is 13.9. The van der Waals surface area contributed by atoms with Crippen molar-refractivity contribution in [2.75, 3.05) is 31.6 Å². The van der Waals surface area contributed by atoms with Crippen LogP contribution in [0.5, 0.6) is 5.75 Å². The first-order valence-corrected chi connectivity index (χ1v) is 13.9. The van der Waals surface area contributed by atoms with E-state index < -0.39 is 28.5 Å². The van der Waals surface area contributed by atoms with Crippen molar-refractivity contribution in [2.24, 2.45) is 0 Å². The number of carbonyl (C=O) groups excluding carboxylic acids is 2. The molecule has 8 nitrogen and oxygen atoms in total. The van der Waals surface area contributed by atoms with E-state index >= 15 is 0 Å². The first-order chi connectivity index (χ1) is 18.2. The van der Waals surface area contributed by atoms with Crippen LogP contribution >= 0.6 is 0 Å². The second kappa shape index (κ2) is 13.1. The lowest BCUT2D eigenvalue weighted by atomic mass is 10.1. The van der Waals surface area contributed by atoms with Gasteiger partial charge in [-0.3, -0.25) is 13.9 Å². The quantitative estimate of drug-likeness (QED) is 0.379. The Morgan fingerprint density at radius 1 is 0.974 bits per heavy atom. The number of aryl methyl sites for hydroxylation is 1. The number of carbonyl (C=O) groups is 2. The molecule has 0 saturated carbocycles. The molecular weight excluding hydrogens is 502 g/mol. The average Bonchev–Trinajstić information content (AvgIpc) is 2.94. The molecule has 3 aromatic carbocycles. The smallest absolute Gasteiger partial charge is 0.264 e. The molecule has 0 aliphatic heterocycles. The van der Waals surface area contributed by atoms with Crippen LogP contribution in [0, 0.1) is 6.92 Å². The lowest BCUT2D eigenvalue weighted by molar-refractivity contribution is -0.139. The first kappa shape index (κ1) is 28.7. The van der Waals surface area contributed by atoms with Crippen molar-refractivity contribution < 1.29 is 22.7 Å². The maximum atomic E-state index is 13.9. The van der Waals surface area contributed by atoms with Gasteiger partial charge in [0.2, 0.25) is 11.8 Å². The molecule has 0 saturated heterocycles. The Bertz CT molecular complexity index is 1330. The number of methoxy groups -OCH3 is 1. The number of ether oxygens (including phenoxy) is 1. The van der Waals surface area contributed by atoms with Crippen molar-refractivity contribution in [3.63, 3.8) is 0 Å². The normalized spacial score (nSPS) is 11.9. The molecular formula is C29H35N3O5S. The number of hydrogen-bond acceptors (Lipinski definition) is 5. The van der Waals surface area contributed by atoms with Crippen LogP contribution in [-0.2, 0) is 26.0 Å². The number of nitrogens with zero attached hydrogens (tertiary/aromatic N) is 2. The Kier molecular flexibility index (Phi) is 9.90. The molecule has 0 spiro atoms. The number of hydrogen-bond donors (Lipinski definition) is 1. The summed E-state index contributed by atoms with van der Waals surface area (Å²) in [6.45, 7) is 3.41. The molecule has 0 unspecified atom stereocenters. The van der Waals surface area contributed by atoms with Gasteiger partial charge in [-0.1, -0.05) is 61.5 Å². The van der Waals surface area contributed by atoms with Crippen LogP contribution in [0.3, 0.4) is 0 Å². The number of likely N-dealkylation sites (N-methyl/N-ethyl adjacent to an activating group) is 1. The molecule has 0 aliphatic carbocycles. The van der Waals surface area contributed by atoms with Gasteiger partial charge in [0.25, 0.3) is 10.0 Å². The molecule has 38 heavy (non-hydrogen) atoms. The largest absolute Gasteiger partial charge is 0.495 e. The van der Waals surface area contributed by atoms with Gasteiger partial charge in [-0.25, -0.2) is 8.42 Å². The highest BCUT2D eigenvalue weighted by Gasteiger charge is 2.34. The van der Waals surface area contributed by atoms with Gasteiger partial charge in [-0.15, -0.1) is 0 Å². The minimum atomic E-state index is -4.15. The Morgan fingerprint density at radius 3 is 2.18 bits per heavy atom. The molecule has 0 fully saturated rings. The molecule has 9 heteroatoms. The SMILES string of the molecule is CC[C@H](C(=O)NC)N(CCc1ccccc1)C(=O)CN(c1cc(C)ccc1OC)S(=O)(=O)c1ccccc1. The lowest BCUT2D eigenvalue weighted by Gasteiger charge is -2.33. The van der Waals surface area contributed by atoms with E-state index in [9.17, 15) is 18.0 Å². The third-order valence-electron chi connectivity index (χ3n) is 6.33. The first-order valence-electron chi connectivity index (χ1n) is 12.5. The highest BCUT2D eigenvalue weighted by molar-refractivity contribution is 7.92. The molecule has 202 valence electrons. The fourth-order valence-corrected chi connectivity index (χ4v) is 5.73. The van der Waals surface area contributed by atoms with Crippen molar-refractivity contribution >= 4 is 27.5 Å². The van der Waals surface area contributed by atoms with Crippen molar-refractivity contribution in [3.8, 4) is 5.75 Å². The molecule has 1 N–H and O–H groups in total. The summed E-state index contributed by atoms with van der Waals surface area (Å²) in [5, 5.41) is 2.63. The molecule has 3 rings (SSSR count). The van der Waals surface area contributed by atoms with Gasteiger partial charge in [-0.05, 0) is 55.2 Å². The van der Waals surface area contributed by atoms with Crippen molar-refractivity contribution in [3.05, 3.63) is 90.0 Å². The number of sulfonamides is 1. The summed E-state index contributed by atoms with van der Waals surface area (Å²) < 4.78 is 34.4. The fraction of sp³-hybridized carbons (Fsp3) is 0.310. The Labute approximate surface area is 225 Å². The number of anilines is 1. The van der Waals surface area contributed by atoms with E-state index in [0.29, 0.717) is 18.6 Å². The second-order valence-electron chi connectivity index (χ2n) is 8.86. The Morgan fingerprint density at radius 2 is 1.61 bits per heavy atom. The minimum absolute atomic E-state index is 0.0468. The summed E-state index contributed by atoms with van der Waals surface area (Å²) in [5.41, 5.74) is 2.06. The summed E-state index contributed by atoms with van der Waals surface area (Å²) in [6, 6.07) is 22.0. The van der Waals surface area contributed by atoms with E-state index in [4.69, 9.17) is 4.74 Å². The number of benzene rings is 3. The van der Waals surface area contributed by atoms with Crippen LogP contribution in [0.4, 0.5) is 5.69 Å². The number of amides is 2. The monoisotopic (exact) mass is 537 g/mol. The Balaban J connectivity index is 2.06. The van der Waals surface area contributed by atoms with Gasteiger partial charge < -0.3 is 15.0 Å². The van der Waals surface area contributed by atoms with E-state index in [2.05, 4.69) is 5.32 Å². The predicted octanol–water partition coefficient (Wildman–Crippen LogP) is 3.79. The van der Waals surface area contributed by atoms with Crippen LogP contribution in [0.2, 0.25) is 0 Å². The van der Waals surface area contributed by atoms with Crippen molar-refractivity contribution in [1.82, 2.24) is 10.2 Å². The minimum Gasteiger partial charge on any atom is -0.495 e. The van der Waals surface area contributed by atoms with E-state index in [1.165, 1.54) is 31.2 Å². The zero-order valence-electron chi connectivity index (χ0n) is 22.3. The molecule has 0 radical (unpaired) electrons. The van der Waals surface area contributed by atoms with Crippen LogP contribution in [0.1, 0.15) is 24.5 Å². The molecule has 3 aromatic rings. The average molecular weight is 538 g/mol. The van der Waals surface area contributed by atoms with Crippen molar-refractivity contribution in [2.45, 2.75) is 37.6 Å². The molecule has 2 amide bonds. The predicted molar refractivity (Wildman–Crippen MR) is 149 cm³/mol. The van der Waals surface area contributed by atoms with E-state index in [1.807, 2.05) is 50.2 Å². The number of rotatable bonds is 12. The van der Waals surface area contributed by atoms with Crippen LogP contribution in [0.15, 0.2) is 83.8 Å². The summed E-state index contributed by atoms with van der Waals surface area (Å²) in [5.74, 6) is -0.476. The van der Waals surface area contributed by atoms with Gasteiger partial charge in [-0.2, -0.15) is 0 Å². The molecule has 0 aliphatic rings. The summed E-state index contributed by atoms with van der Waals surface area (Å²) >= 11 is 0. The molecule has 1 atom stereocenters. The zero-order chi connectivity index (χ0) is 27.7. The van der Waals surface area contributed by atoms with Gasteiger partial charge in [0.1, 0.15) is 18.3 Å². The highest BCUT2D eigenvalue weighted by Crippen LogP contribution is 2.33. The van der Waals surface area contributed by atoms with Crippen molar-refractivity contribution in [1.29, 1.82) is 0 Å². The van der Waals surface area contributed by atoms with Crippen LogP contribution in [0.25, 0.3) is 0 Å². The van der Waals surface area contributed by atoms with E-state index in [1.54, 1.807) is 30.3 Å². The summed E-state index contributed by atoms with van der Waals surface area (Å²) in [7, 11) is -1.18. The molecule has 0 heterocycles. The zero-order valence-corrected chi connectivity index (χ0v) is 23.1. The third-order valence-corrected chi connectivity index (χ3v) is 8.10. The Hall–Kier alpha value is -3.85. The standard InChI is InChI=1S/C29H35N3O5S/c1-5-25(29(34)30-3)31(19-18-23-12-8-6-9-13-23)28(33)21-32(26-20-22(2)16-17-27(26)37-4)38(35,36)24-14-10-7-11-15-24/h6-17,20,25H,5,18-19,21H2,1-4H3,(H,30,34)/t25-/m1/s1. The van der Waals surface area contributed by atoms with Crippen LogP contribution in [-0.4, -0.2) is 58.4 Å². The maximum Gasteiger partial charge on any atom is 0.264 e. The third kappa shape index (κ3) is 6.72. The van der Waals surface area contributed by atoms with Gasteiger partial charge in [0.15, 0.2) is 0 Å².